The van der Waals surface area contributed by atoms with Crippen LogP contribution in [-0.2, 0) is 4.74 Å². The number of carbonyl (C=O) groups is 1. The molecule has 1 N–H and O–H groups in total. The molecule has 2 aromatic carbocycles. The van der Waals surface area contributed by atoms with Crippen molar-refractivity contribution in [3.63, 3.8) is 0 Å². The molecular formula is C19H18N2O3. The van der Waals surface area contributed by atoms with Crippen LogP contribution in [0, 0.1) is 6.92 Å². The van der Waals surface area contributed by atoms with Crippen LogP contribution in [0.15, 0.2) is 54.6 Å². The first-order valence-corrected chi connectivity index (χ1v) is 7.73. The van der Waals surface area contributed by atoms with E-state index in [1.54, 1.807) is 35.9 Å². The van der Waals surface area contributed by atoms with Gasteiger partial charge < -0.3 is 9.84 Å². The average Bonchev–Trinajstić information content (AvgIpc) is 2.94. The summed E-state index contributed by atoms with van der Waals surface area (Å²) >= 11 is 0. The number of phenolic OH excluding ortho intramolecular Hbond substituents is 1. The number of hydrogen-bond donors (Lipinski definition) is 1. The van der Waals surface area contributed by atoms with Gasteiger partial charge in [-0.3, -0.25) is 0 Å². The summed E-state index contributed by atoms with van der Waals surface area (Å²) in [5.74, 6) is -0.240. The summed E-state index contributed by atoms with van der Waals surface area (Å²) in [6.45, 7) is 3.91. The third kappa shape index (κ3) is 2.88. The predicted octanol–water partition coefficient (Wildman–Crippen LogP) is 3.73. The van der Waals surface area contributed by atoms with E-state index in [-0.39, 0.29) is 5.75 Å². The molecule has 0 unspecified atom stereocenters. The Kier molecular flexibility index (Phi) is 4.33. The number of esters is 1. The monoisotopic (exact) mass is 322 g/mol. The molecule has 0 aliphatic rings. The number of aromatic hydroxyl groups is 1. The summed E-state index contributed by atoms with van der Waals surface area (Å²) in [6.07, 6.45) is 0. The predicted molar refractivity (Wildman–Crippen MR) is 91.4 cm³/mol. The van der Waals surface area contributed by atoms with Crippen molar-refractivity contribution in [3.8, 4) is 22.7 Å². The molecular weight excluding hydrogens is 304 g/mol. The first-order chi connectivity index (χ1) is 11.6. The lowest BCUT2D eigenvalue weighted by molar-refractivity contribution is 0.0526. The van der Waals surface area contributed by atoms with Gasteiger partial charge >= 0.3 is 5.97 Å². The Morgan fingerprint density at radius 1 is 1.12 bits per heavy atom. The van der Waals surface area contributed by atoms with Gasteiger partial charge in [0.1, 0.15) is 17.0 Å². The van der Waals surface area contributed by atoms with E-state index in [0.717, 1.165) is 11.3 Å². The standard InChI is InChI=1S/C19H18N2O3/c1-3-24-19(23)17-13(2)21(15-7-5-4-6-8-15)20-18(17)14-9-11-16(22)12-10-14/h4-12,22H,3H2,1-2H3. The molecule has 3 rings (SSSR count). The highest BCUT2D eigenvalue weighted by Crippen LogP contribution is 2.29. The largest absolute Gasteiger partial charge is 0.508 e. The van der Waals surface area contributed by atoms with Crippen LogP contribution < -0.4 is 0 Å². The molecule has 24 heavy (non-hydrogen) atoms. The third-order valence-electron chi connectivity index (χ3n) is 3.74. The van der Waals surface area contributed by atoms with Crippen molar-refractivity contribution in [2.75, 3.05) is 6.61 Å². The molecule has 3 aromatic rings. The van der Waals surface area contributed by atoms with Crippen LogP contribution in [0.2, 0.25) is 0 Å². The number of rotatable bonds is 4. The number of benzene rings is 2. The number of nitrogens with zero attached hydrogens (tertiary/aromatic N) is 2. The summed E-state index contributed by atoms with van der Waals surface area (Å²) in [7, 11) is 0. The highest BCUT2D eigenvalue weighted by molar-refractivity contribution is 5.97. The van der Waals surface area contributed by atoms with Crippen LogP contribution in [0.25, 0.3) is 16.9 Å². The molecule has 0 radical (unpaired) electrons. The van der Waals surface area contributed by atoms with Gasteiger partial charge in [0.15, 0.2) is 0 Å². The summed E-state index contributed by atoms with van der Waals surface area (Å²) in [6, 6.07) is 16.2. The smallest absolute Gasteiger partial charge is 0.342 e. The molecule has 0 bridgehead atoms. The van der Waals surface area contributed by atoms with Gasteiger partial charge in [-0.05, 0) is 50.2 Å². The summed E-state index contributed by atoms with van der Waals surface area (Å²) in [5.41, 5.74) is 3.29. The Labute approximate surface area is 140 Å². The minimum atomic E-state index is -0.403. The van der Waals surface area contributed by atoms with Crippen molar-refractivity contribution in [1.82, 2.24) is 9.78 Å². The van der Waals surface area contributed by atoms with Gasteiger partial charge in [0.25, 0.3) is 0 Å². The second-order valence-electron chi connectivity index (χ2n) is 5.32. The van der Waals surface area contributed by atoms with Crippen molar-refractivity contribution in [2.24, 2.45) is 0 Å². The van der Waals surface area contributed by atoms with Crippen LogP contribution in [-0.4, -0.2) is 27.5 Å². The minimum Gasteiger partial charge on any atom is -0.508 e. The average molecular weight is 322 g/mol. The Morgan fingerprint density at radius 3 is 2.42 bits per heavy atom. The van der Waals surface area contributed by atoms with E-state index in [0.29, 0.717) is 23.6 Å². The Balaban J connectivity index is 2.19. The van der Waals surface area contributed by atoms with Gasteiger partial charge in [0, 0.05) is 5.56 Å². The van der Waals surface area contributed by atoms with Crippen molar-refractivity contribution in [1.29, 1.82) is 0 Å². The molecule has 0 atom stereocenters. The second-order valence-corrected chi connectivity index (χ2v) is 5.32. The molecule has 0 spiro atoms. The highest BCUT2D eigenvalue weighted by atomic mass is 16.5. The van der Waals surface area contributed by atoms with Crippen LogP contribution in [0.3, 0.4) is 0 Å². The van der Waals surface area contributed by atoms with E-state index in [1.807, 2.05) is 37.3 Å². The molecule has 1 aromatic heterocycles. The Hall–Kier alpha value is -3.08. The van der Waals surface area contributed by atoms with E-state index >= 15 is 0 Å². The minimum absolute atomic E-state index is 0.163. The first kappa shape index (κ1) is 15.8. The molecule has 0 aliphatic carbocycles. The molecule has 5 nitrogen and oxygen atoms in total. The maximum atomic E-state index is 12.4. The van der Waals surface area contributed by atoms with E-state index < -0.39 is 5.97 Å². The van der Waals surface area contributed by atoms with Gasteiger partial charge in [0.2, 0.25) is 0 Å². The lowest BCUT2D eigenvalue weighted by atomic mass is 10.1. The number of hydrogen-bond acceptors (Lipinski definition) is 4. The number of phenols is 1. The van der Waals surface area contributed by atoms with Crippen molar-refractivity contribution in [2.45, 2.75) is 13.8 Å². The lowest BCUT2D eigenvalue weighted by Gasteiger charge is -2.05. The Bertz CT molecular complexity index is 852. The number of para-hydroxylation sites is 1. The zero-order valence-corrected chi connectivity index (χ0v) is 13.6. The zero-order valence-electron chi connectivity index (χ0n) is 13.6. The van der Waals surface area contributed by atoms with Gasteiger partial charge in [-0.1, -0.05) is 18.2 Å². The van der Waals surface area contributed by atoms with E-state index in [4.69, 9.17) is 4.74 Å². The normalized spacial score (nSPS) is 10.6. The summed E-state index contributed by atoms with van der Waals surface area (Å²) in [5, 5.41) is 14.1. The summed E-state index contributed by atoms with van der Waals surface area (Å²) < 4.78 is 6.93. The number of aromatic nitrogens is 2. The van der Waals surface area contributed by atoms with Gasteiger partial charge in [-0.25, -0.2) is 9.48 Å². The van der Waals surface area contributed by atoms with Gasteiger partial charge in [-0.15, -0.1) is 0 Å². The lowest BCUT2D eigenvalue weighted by Crippen LogP contribution is -2.07. The fourth-order valence-electron chi connectivity index (χ4n) is 2.59. The topological polar surface area (TPSA) is 64.3 Å². The molecule has 0 amide bonds. The van der Waals surface area contributed by atoms with E-state index in [1.165, 1.54) is 0 Å². The fourth-order valence-corrected chi connectivity index (χ4v) is 2.59. The zero-order chi connectivity index (χ0) is 17.1. The van der Waals surface area contributed by atoms with E-state index in [9.17, 15) is 9.90 Å². The molecule has 1 heterocycles. The molecule has 0 saturated heterocycles. The maximum Gasteiger partial charge on any atom is 0.342 e. The molecule has 0 aliphatic heterocycles. The quantitative estimate of drug-likeness (QED) is 0.743. The fraction of sp³-hybridized carbons (Fsp3) is 0.158. The van der Waals surface area contributed by atoms with Crippen LogP contribution in [0.1, 0.15) is 23.0 Å². The van der Waals surface area contributed by atoms with Crippen molar-refractivity contribution < 1.29 is 14.6 Å². The highest BCUT2D eigenvalue weighted by Gasteiger charge is 2.24. The Morgan fingerprint density at radius 2 is 1.79 bits per heavy atom. The molecule has 0 saturated carbocycles. The SMILES string of the molecule is CCOC(=O)c1c(-c2ccc(O)cc2)nn(-c2ccccc2)c1C. The van der Waals surface area contributed by atoms with Crippen LogP contribution >= 0.6 is 0 Å². The second kappa shape index (κ2) is 6.58. The van der Waals surface area contributed by atoms with Crippen molar-refractivity contribution in [3.05, 3.63) is 65.9 Å². The van der Waals surface area contributed by atoms with Gasteiger partial charge in [-0.2, -0.15) is 5.10 Å². The third-order valence-corrected chi connectivity index (χ3v) is 3.74. The molecule has 0 fully saturated rings. The number of carbonyl (C=O) groups excluding carboxylic acids is 1. The van der Waals surface area contributed by atoms with Gasteiger partial charge in [0.05, 0.1) is 18.0 Å². The summed E-state index contributed by atoms with van der Waals surface area (Å²) in [4.78, 5) is 12.4. The van der Waals surface area contributed by atoms with Crippen LogP contribution in [0.5, 0.6) is 5.75 Å². The molecule has 122 valence electrons. The molecule has 5 heteroatoms. The number of ether oxygens (including phenoxy) is 1. The van der Waals surface area contributed by atoms with Crippen molar-refractivity contribution >= 4 is 5.97 Å². The first-order valence-electron chi connectivity index (χ1n) is 7.73. The maximum absolute atomic E-state index is 12.4. The van der Waals surface area contributed by atoms with E-state index in [2.05, 4.69) is 5.10 Å². The van der Waals surface area contributed by atoms with Crippen LogP contribution in [0.4, 0.5) is 0 Å².